The first kappa shape index (κ1) is 11.1. The van der Waals surface area contributed by atoms with Crippen LogP contribution in [-0.2, 0) is 0 Å². The van der Waals surface area contributed by atoms with E-state index < -0.39 is 264 Å². The van der Waals surface area contributed by atoms with Crippen molar-refractivity contribution in [1.82, 2.24) is 15.0 Å². The van der Waals surface area contributed by atoms with Gasteiger partial charge in [0.1, 0.15) is 0 Å². The molecule has 0 amide bonds. The molecule has 0 N–H and O–H groups in total. The number of hydrogen-bond donors (Lipinski definition) is 0. The van der Waals surface area contributed by atoms with Crippen LogP contribution in [0.3, 0.4) is 0 Å². The molecule has 0 aliphatic rings. The summed E-state index contributed by atoms with van der Waals surface area (Å²) in [5.41, 5.74) is -5.58. The fourth-order valence-electron chi connectivity index (χ4n) is 4.75. The van der Waals surface area contributed by atoms with Crippen molar-refractivity contribution < 1.29 is 39.8 Å². The van der Waals surface area contributed by atoms with Crippen molar-refractivity contribution in [3.8, 4) is 56.4 Å². The second-order valence-corrected chi connectivity index (χ2v) is 9.81. The minimum atomic E-state index is -1.10. The fourth-order valence-corrected chi connectivity index (χ4v) is 4.75. The van der Waals surface area contributed by atoms with Crippen LogP contribution in [0.4, 0.5) is 0 Å². The third-order valence-corrected chi connectivity index (χ3v) is 6.93. The van der Waals surface area contributed by atoms with Gasteiger partial charge in [-0.05, 0) is 72.7 Å². The first-order valence-corrected chi connectivity index (χ1v) is 13.8. The lowest BCUT2D eigenvalue weighted by Gasteiger charge is -2.12. The van der Waals surface area contributed by atoms with Gasteiger partial charge in [0.2, 0.25) is 0 Å². The quantitative estimate of drug-likeness (QED) is 0.188. The highest BCUT2D eigenvalue weighted by molar-refractivity contribution is 5.98. The molecule has 0 atom stereocenters. The van der Waals surface area contributed by atoms with Crippen molar-refractivity contribution in [3.63, 3.8) is 0 Å². The van der Waals surface area contributed by atoms with E-state index in [4.69, 9.17) is 34.3 Å². The predicted molar refractivity (Wildman–Crippen MR) is 200 cm³/mol. The Morgan fingerprint density at radius 3 is 1.35 bits per heavy atom. The lowest BCUT2D eigenvalue weighted by atomic mass is 9.97. The molecule has 0 spiro atoms. The van der Waals surface area contributed by atoms with Crippen LogP contribution in [0, 0.1) is 0 Å². The summed E-state index contributed by atoms with van der Waals surface area (Å²) in [6.07, 6.45) is 0. The van der Waals surface area contributed by atoms with Gasteiger partial charge in [-0.1, -0.05) is 157 Å². The van der Waals surface area contributed by atoms with Gasteiger partial charge in [0.25, 0.3) is 0 Å². The van der Waals surface area contributed by atoms with Gasteiger partial charge < -0.3 is 0 Å². The van der Waals surface area contributed by atoms with E-state index in [1.807, 2.05) is 0 Å². The smallest absolute Gasteiger partial charge is 0.164 e. The van der Waals surface area contributed by atoms with E-state index in [1.54, 1.807) is 0 Å². The average molecular weight is 641 g/mol. The maximum Gasteiger partial charge on any atom is 0.164 e. The summed E-state index contributed by atoms with van der Waals surface area (Å²) < 4.78 is 255. The van der Waals surface area contributed by atoms with Crippen LogP contribution >= 0.6 is 0 Å². The van der Waals surface area contributed by atoms with Crippen LogP contribution in [0.1, 0.15) is 39.8 Å². The average Bonchev–Trinajstić information content (AvgIpc) is 3.44. The predicted octanol–water partition coefficient (Wildman–Crippen LogP) is 11.7. The molecule has 8 aromatic carbocycles. The van der Waals surface area contributed by atoms with Crippen LogP contribution in [0.15, 0.2) is 175 Å². The van der Waals surface area contributed by atoms with Gasteiger partial charge in [-0.2, -0.15) is 0 Å². The highest BCUT2D eigenvalue weighted by Gasteiger charge is 2.16. The minimum absolute atomic E-state index is 0.616. The second kappa shape index (κ2) is 11.7. The molecule has 0 saturated carbocycles. The van der Waals surface area contributed by atoms with Gasteiger partial charge in [-0.3, -0.25) is 0 Å². The molecule has 0 fully saturated rings. The number of hydrogen-bond acceptors (Lipinski definition) is 3. The number of benzene rings is 8. The molecule has 0 bridgehead atoms. The van der Waals surface area contributed by atoms with E-state index >= 15 is 0 Å². The molecule has 0 unspecified atom stereocenters. The van der Waals surface area contributed by atoms with E-state index in [2.05, 4.69) is 15.0 Å². The number of rotatable bonds is 5. The number of fused-ring (bicyclic) bond motifs is 3. The number of aromatic nitrogens is 3. The molecule has 0 aliphatic carbocycles. The fraction of sp³-hybridized carbons (Fsp3) is 0. The van der Waals surface area contributed by atoms with Crippen LogP contribution < -0.4 is 0 Å². The summed E-state index contributed by atoms with van der Waals surface area (Å²) in [6.45, 7) is 0. The van der Waals surface area contributed by atoms with Gasteiger partial charge in [0.15, 0.2) is 17.5 Å². The monoisotopic (exact) mass is 640 g/mol. The molecule has 0 radical (unpaired) electrons. The van der Waals surface area contributed by atoms with Crippen molar-refractivity contribution in [2.45, 2.75) is 0 Å². The Hall–Kier alpha value is -6.45. The van der Waals surface area contributed by atoms with Gasteiger partial charge in [-0.25, -0.2) is 15.0 Å². The van der Waals surface area contributed by atoms with Crippen molar-refractivity contribution in [2.24, 2.45) is 0 Å². The van der Waals surface area contributed by atoms with E-state index in [9.17, 15) is 5.48 Å². The molecule has 224 valence electrons. The van der Waals surface area contributed by atoms with E-state index in [0.29, 0.717) is 0 Å². The van der Waals surface area contributed by atoms with Crippen LogP contribution in [0.5, 0.6) is 0 Å². The van der Waals surface area contributed by atoms with Crippen molar-refractivity contribution in [1.29, 1.82) is 0 Å². The SMILES string of the molecule is [2H]c1c([2H])c([2H])c(-c2c([2H])c([2H])c3c([2H])c(-c4c([2H])c([2H])c([2H])c(-c5nc(-c6c([2H])c([2H])c([2H])c7c([2H])c([2H])c([2H])c([2H])c67)nc(-c6c([2H])c([2H])c([2H])c7c([2H])c([2H])c([2H])c([2H])c67)n5)c4[2H])c([2H])c([2H])c3c2[2H])c([2H])c1[2H]. The Labute approximate surface area is 319 Å². The van der Waals surface area contributed by atoms with Gasteiger partial charge >= 0.3 is 0 Å². The summed E-state index contributed by atoms with van der Waals surface area (Å²) >= 11 is 0. The highest BCUT2D eigenvalue weighted by atomic mass is 15.0. The zero-order valence-electron chi connectivity index (χ0n) is 52.8. The molecule has 0 saturated heterocycles. The standard InChI is InChI=1S/C45H29N3/c1-2-11-30(12-3-1)34-23-24-37-28-35(25-26-36(37)27-34)33-17-8-18-38(29-33)43-46-44(41-21-9-15-31-13-4-6-19-39(31)41)48-45(47-43)42-22-10-16-32-14-5-7-20-40(32)42/h1-29H/i1D,2D,3D,4D,5D,6D,7D,8D,9D,10D,11D,12D,13D,14D,15D,16D,17D,18D,19D,20D,21D,22D,23D,24D,25D,26D,27D,28D,29D. The Morgan fingerprint density at radius 2 is 0.729 bits per heavy atom. The Balaban J connectivity index is 1.45. The van der Waals surface area contributed by atoms with Crippen LogP contribution in [-0.4, -0.2) is 15.0 Å². The van der Waals surface area contributed by atoms with Crippen molar-refractivity contribution in [2.75, 3.05) is 0 Å². The Bertz CT molecular complexity index is 4090. The largest absolute Gasteiger partial charge is 0.208 e. The maximum atomic E-state index is 9.66. The lowest BCUT2D eigenvalue weighted by molar-refractivity contribution is 1.08. The highest BCUT2D eigenvalue weighted by Crippen LogP contribution is 2.34. The molecule has 48 heavy (non-hydrogen) atoms. The van der Waals surface area contributed by atoms with Gasteiger partial charge in [0, 0.05) is 16.7 Å². The van der Waals surface area contributed by atoms with E-state index in [0.717, 1.165) is 0 Å². The molecule has 9 rings (SSSR count). The lowest BCUT2D eigenvalue weighted by Crippen LogP contribution is -2.01. The topological polar surface area (TPSA) is 38.7 Å². The van der Waals surface area contributed by atoms with Crippen LogP contribution in [0.2, 0.25) is 0 Å². The maximum absolute atomic E-state index is 9.66. The number of nitrogens with zero attached hydrogens (tertiary/aromatic N) is 3. The molecule has 9 aromatic rings. The third-order valence-electron chi connectivity index (χ3n) is 6.93. The summed E-state index contributed by atoms with van der Waals surface area (Å²) in [5, 5.41) is -3.93. The van der Waals surface area contributed by atoms with E-state index in [1.165, 1.54) is 0 Å². The summed E-state index contributed by atoms with van der Waals surface area (Å²) in [4.78, 5) is 13.1. The molecule has 3 heteroatoms. The van der Waals surface area contributed by atoms with E-state index in [-0.39, 0.29) is 0 Å². The van der Waals surface area contributed by atoms with Crippen molar-refractivity contribution in [3.05, 3.63) is 175 Å². The molecule has 1 heterocycles. The summed E-state index contributed by atoms with van der Waals surface area (Å²) in [5.74, 6) is -2.75. The first-order valence-electron chi connectivity index (χ1n) is 28.3. The molecular weight excluding hydrogens is 583 g/mol. The molecule has 1 aromatic heterocycles. The Kier molecular flexibility index (Phi) is 2.70. The molecule has 0 aliphatic heterocycles. The first-order chi connectivity index (χ1) is 35.9. The Morgan fingerprint density at radius 1 is 0.292 bits per heavy atom. The summed E-state index contributed by atoms with van der Waals surface area (Å²) in [6, 6.07) is -27.0. The summed E-state index contributed by atoms with van der Waals surface area (Å²) in [7, 11) is 0. The zero-order chi connectivity index (χ0) is 57.1. The van der Waals surface area contributed by atoms with Gasteiger partial charge in [-0.15, -0.1) is 0 Å². The third kappa shape index (κ3) is 5.08. The zero-order valence-corrected chi connectivity index (χ0v) is 23.8. The minimum Gasteiger partial charge on any atom is -0.208 e. The van der Waals surface area contributed by atoms with Gasteiger partial charge in [0.05, 0.1) is 39.8 Å². The molecular formula is C45H29N3. The molecule has 3 nitrogen and oxygen atoms in total. The normalized spacial score (nSPS) is 19.8. The second-order valence-electron chi connectivity index (χ2n) is 9.81. The van der Waals surface area contributed by atoms with Crippen molar-refractivity contribution >= 4 is 32.3 Å². The van der Waals surface area contributed by atoms with Crippen LogP contribution in [0.25, 0.3) is 88.7 Å².